The molecule has 0 saturated heterocycles. The molecule has 0 spiro atoms. The number of thiazole rings is 1. The number of anilines is 1. The van der Waals surface area contributed by atoms with Crippen LogP contribution in [0.2, 0.25) is 0 Å². The molecule has 2 aromatic rings. The molecule has 0 saturated carbocycles. The Morgan fingerprint density at radius 2 is 2.11 bits per heavy atom. The average Bonchev–Trinajstić information content (AvgIpc) is 2.79. The van der Waals surface area contributed by atoms with Crippen molar-refractivity contribution in [1.29, 1.82) is 0 Å². The molecule has 0 amide bonds. The van der Waals surface area contributed by atoms with Gasteiger partial charge in [-0.05, 0) is 32.4 Å². The lowest BCUT2D eigenvalue weighted by atomic mass is 10.1. The first-order valence-electron chi connectivity index (χ1n) is 5.97. The van der Waals surface area contributed by atoms with E-state index in [2.05, 4.69) is 15.5 Å². The van der Waals surface area contributed by atoms with Gasteiger partial charge < -0.3 is 4.74 Å². The zero-order valence-electron chi connectivity index (χ0n) is 11.5. The minimum Gasteiger partial charge on any atom is -0.496 e. The monoisotopic (exact) mass is 275 g/mol. The maximum atomic E-state index is 5.31. The smallest absolute Gasteiger partial charge is 0.136 e. The molecule has 1 N–H and O–H groups in total. The Kier molecular flexibility index (Phi) is 4.16. The number of aromatic nitrogens is 1. The van der Waals surface area contributed by atoms with Gasteiger partial charge in [-0.1, -0.05) is 6.07 Å². The Hall–Kier alpha value is -1.88. The summed E-state index contributed by atoms with van der Waals surface area (Å²) in [5, 5.41) is 5.13. The highest BCUT2D eigenvalue weighted by atomic mass is 32.1. The van der Waals surface area contributed by atoms with Crippen LogP contribution in [0.4, 0.5) is 5.69 Å². The quantitative estimate of drug-likeness (QED) is 0.686. The van der Waals surface area contributed by atoms with Gasteiger partial charge in [0.05, 0.1) is 19.0 Å². The Labute approximate surface area is 117 Å². The van der Waals surface area contributed by atoms with Gasteiger partial charge in [-0.2, -0.15) is 5.10 Å². The van der Waals surface area contributed by atoms with Crippen molar-refractivity contribution >= 4 is 23.2 Å². The minimum atomic E-state index is 0.855. The van der Waals surface area contributed by atoms with Gasteiger partial charge in [0.1, 0.15) is 10.8 Å². The maximum Gasteiger partial charge on any atom is 0.136 e. The second-order valence-corrected chi connectivity index (χ2v) is 5.53. The van der Waals surface area contributed by atoms with Crippen molar-refractivity contribution in [1.82, 2.24) is 4.98 Å². The molecule has 0 aliphatic carbocycles. The maximum absolute atomic E-state index is 5.31. The molecule has 0 aliphatic heterocycles. The van der Waals surface area contributed by atoms with Gasteiger partial charge in [-0.25, -0.2) is 4.98 Å². The number of nitrogens with zero attached hydrogens (tertiary/aromatic N) is 2. The molecule has 19 heavy (non-hydrogen) atoms. The molecule has 5 heteroatoms. The molecule has 0 unspecified atom stereocenters. The SMILES string of the molecule is COc1ccc(C)c(N/N=C/c2ncc(C)s2)c1C. The van der Waals surface area contributed by atoms with E-state index in [0.29, 0.717) is 0 Å². The van der Waals surface area contributed by atoms with E-state index < -0.39 is 0 Å². The lowest BCUT2D eigenvalue weighted by molar-refractivity contribution is 0.412. The highest BCUT2D eigenvalue weighted by Gasteiger charge is 2.06. The zero-order chi connectivity index (χ0) is 13.8. The molecular formula is C14H17N3OS. The number of nitrogens with one attached hydrogen (secondary N) is 1. The summed E-state index contributed by atoms with van der Waals surface area (Å²) in [5.74, 6) is 0.855. The van der Waals surface area contributed by atoms with E-state index in [1.807, 2.05) is 39.1 Å². The number of hydrogen-bond acceptors (Lipinski definition) is 5. The van der Waals surface area contributed by atoms with Gasteiger partial charge in [0, 0.05) is 16.6 Å². The van der Waals surface area contributed by atoms with Crippen molar-refractivity contribution in [3.8, 4) is 5.75 Å². The number of benzene rings is 1. The first-order chi connectivity index (χ1) is 9.11. The van der Waals surface area contributed by atoms with Gasteiger partial charge in [-0.3, -0.25) is 5.43 Å². The summed E-state index contributed by atoms with van der Waals surface area (Å²) in [4.78, 5) is 5.41. The normalized spacial score (nSPS) is 10.9. The molecule has 1 aromatic heterocycles. The summed E-state index contributed by atoms with van der Waals surface area (Å²) in [6, 6.07) is 3.97. The van der Waals surface area contributed by atoms with Crippen molar-refractivity contribution in [2.24, 2.45) is 5.10 Å². The van der Waals surface area contributed by atoms with Crippen LogP contribution in [0.5, 0.6) is 5.75 Å². The van der Waals surface area contributed by atoms with Gasteiger partial charge in [0.2, 0.25) is 0 Å². The van der Waals surface area contributed by atoms with Gasteiger partial charge in [-0.15, -0.1) is 11.3 Å². The van der Waals surface area contributed by atoms with E-state index in [1.54, 1.807) is 24.7 Å². The predicted octanol–water partition coefficient (Wildman–Crippen LogP) is 3.52. The molecule has 0 aliphatic rings. The van der Waals surface area contributed by atoms with Gasteiger partial charge in [0.25, 0.3) is 0 Å². The zero-order valence-corrected chi connectivity index (χ0v) is 12.3. The summed E-state index contributed by atoms with van der Waals surface area (Å²) in [7, 11) is 1.67. The molecule has 0 radical (unpaired) electrons. The molecule has 1 heterocycles. The Morgan fingerprint density at radius 3 is 2.74 bits per heavy atom. The number of aryl methyl sites for hydroxylation is 2. The van der Waals surface area contributed by atoms with Crippen molar-refractivity contribution < 1.29 is 4.74 Å². The standard InChI is InChI=1S/C14H17N3OS/c1-9-5-6-12(18-4)11(3)14(9)17-16-8-13-15-7-10(2)19-13/h5-8,17H,1-4H3/b16-8+. The van der Waals surface area contributed by atoms with Gasteiger partial charge >= 0.3 is 0 Å². The lowest BCUT2D eigenvalue weighted by Crippen LogP contribution is -1.98. The van der Waals surface area contributed by atoms with Crippen LogP contribution in [0.3, 0.4) is 0 Å². The molecular weight excluding hydrogens is 258 g/mol. The summed E-state index contributed by atoms with van der Waals surface area (Å²) >= 11 is 1.61. The number of ether oxygens (including phenoxy) is 1. The molecule has 1 aromatic carbocycles. The molecule has 2 rings (SSSR count). The van der Waals surface area contributed by atoms with Crippen LogP contribution in [0.15, 0.2) is 23.4 Å². The fraction of sp³-hybridized carbons (Fsp3) is 0.286. The Bertz CT molecular complexity index is 605. The van der Waals surface area contributed by atoms with E-state index in [4.69, 9.17) is 4.74 Å². The van der Waals surface area contributed by atoms with Crippen LogP contribution < -0.4 is 10.2 Å². The van der Waals surface area contributed by atoms with Gasteiger partial charge in [0.15, 0.2) is 0 Å². The van der Waals surface area contributed by atoms with Crippen LogP contribution in [-0.2, 0) is 0 Å². The largest absolute Gasteiger partial charge is 0.496 e. The highest BCUT2D eigenvalue weighted by Crippen LogP contribution is 2.28. The third kappa shape index (κ3) is 3.12. The Morgan fingerprint density at radius 1 is 1.32 bits per heavy atom. The molecule has 0 bridgehead atoms. The average molecular weight is 275 g/mol. The van der Waals surface area contributed by atoms with E-state index in [-0.39, 0.29) is 0 Å². The van der Waals surface area contributed by atoms with E-state index in [1.165, 1.54) is 4.88 Å². The minimum absolute atomic E-state index is 0.855. The summed E-state index contributed by atoms with van der Waals surface area (Å²) < 4.78 is 5.31. The third-order valence-electron chi connectivity index (χ3n) is 2.83. The molecule has 100 valence electrons. The number of hydrazone groups is 1. The molecule has 4 nitrogen and oxygen atoms in total. The fourth-order valence-corrected chi connectivity index (χ4v) is 2.45. The molecule has 0 atom stereocenters. The fourth-order valence-electron chi connectivity index (χ4n) is 1.81. The van der Waals surface area contributed by atoms with Crippen molar-refractivity contribution in [2.75, 3.05) is 12.5 Å². The van der Waals surface area contributed by atoms with Crippen LogP contribution in [0.25, 0.3) is 0 Å². The molecule has 0 fully saturated rings. The summed E-state index contributed by atoms with van der Waals surface area (Å²) in [5.41, 5.74) is 6.23. The number of hydrogen-bond donors (Lipinski definition) is 1. The van der Waals surface area contributed by atoms with E-state index in [9.17, 15) is 0 Å². The third-order valence-corrected chi connectivity index (χ3v) is 3.68. The number of methoxy groups -OCH3 is 1. The second kappa shape index (κ2) is 5.84. The van der Waals surface area contributed by atoms with Crippen molar-refractivity contribution in [2.45, 2.75) is 20.8 Å². The van der Waals surface area contributed by atoms with E-state index in [0.717, 1.165) is 27.6 Å². The van der Waals surface area contributed by atoms with Crippen LogP contribution in [-0.4, -0.2) is 18.3 Å². The first kappa shape index (κ1) is 13.5. The predicted molar refractivity (Wildman–Crippen MR) is 80.5 cm³/mol. The Balaban J connectivity index is 2.17. The topological polar surface area (TPSA) is 46.5 Å². The summed E-state index contributed by atoms with van der Waals surface area (Å²) in [6.45, 7) is 6.08. The second-order valence-electron chi connectivity index (χ2n) is 4.26. The highest BCUT2D eigenvalue weighted by molar-refractivity contribution is 7.13. The van der Waals surface area contributed by atoms with Crippen LogP contribution in [0.1, 0.15) is 21.0 Å². The lowest BCUT2D eigenvalue weighted by Gasteiger charge is -2.12. The van der Waals surface area contributed by atoms with E-state index >= 15 is 0 Å². The van der Waals surface area contributed by atoms with Crippen LogP contribution >= 0.6 is 11.3 Å². The van der Waals surface area contributed by atoms with Crippen molar-refractivity contribution in [3.05, 3.63) is 39.3 Å². The number of rotatable bonds is 4. The van der Waals surface area contributed by atoms with Crippen LogP contribution in [0, 0.1) is 20.8 Å². The summed E-state index contributed by atoms with van der Waals surface area (Å²) in [6.07, 6.45) is 3.57. The van der Waals surface area contributed by atoms with Crippen molar-refractivity contribution in [3.63, 3.8) is 0 Å². The first-order valence-corrected chi connectivity index (χ1v) is 6.79.